The van der Waals surface area contributed by atoms with E-state index in [1.54, 1.807) is 6.20 Å². The van der Waals surface area contributed by atoms with Gasteiger partial charge in [0, 0.05) is 0 Å². The Hall–Kier alpha value is -0.790. The van der Waals surface area contributed by atoms with Gasteiger partial charge in [-0.25, -0.2) is 0 Å². The lowest BCUT2D eigenvalue weighted by molar-refractivity contribution is -0.134. The molecule has 1 atom stereocenters. The predicted molar refractivity (Wildman–Crippen MR) is 72.5 cm³/mol. The van der Waals surface area contributed by atoms with Crippen LogP contribution in [0.25, 0.3) is 0 Å². The van der Waals surface area contributed by atoms with Gasteiger partial charge in [-0.05, 0) is 31.9 Å². The van der Waals surface area contributed by atoms with Crippen molar-refractivity contribution < 1.29 is 4.79 Å². The van der Waals surface area contributed by atoms with E-state index < -0.39 is 0 Å². The van der Waals surface area contributed by atoms with E-state index in [0.29, 0.717) is 5.92 Å². The van der Waals surface area contributed by atoms with Crippen LogP contribution in [-0.2, 0) is 4.79 Å². The standard InChI is InChI=1S/C15H27NO/c1-4-12-16-14(17)15(13(3)5-2)10-8-6-7-9-11-15/h4,12-13H,5-11H2,1-3H3,(H,16,17)/b12-4-. The highest BCUT2D eigenvalue weighted by Crippen LogP contribution is 2.43. The second-order valence-electron chi connectivity index (χ2n) is 5.35. The van der Waals surface area contributed by atoms with E-state index in [1.807, 2.05) is 13.0 Å². The summed E-state index contributed by atoms with van der Waals surface area (Å²) in [4.78, 5) is 12.5. The van der Waals surface area contributed by atoms with Crippen molar-refractivity contribution in [2.24, 2.45) is 11.3 Å². The minimum Gasteiger partial charge on any atom is -0.333 e. The van der Waals surface area contributed by atoms with Crippen LogP contribution in [0.4, 0.5) is 0 Å². The number of nitrogens with one attached hydrogen (secondary N) is 1. The fraction of sp³-hybridized carbons (Fsp3) is 0.800. The molecule has 0 aromatic carbocycles. The molecule has 0 aromatic rings. The number of allylic oxidation sites excluding steroid dienone is 1. The molecular formula is C15H27NO. The monoisotopic (exact) mass is 237 g/mol. The van der Waals surface area contributed by atoms with Gasteiger partial charge in [-0.2, -0.15) is 0 Å². The summed E-state index contributed by atoms with van der Waals surface area (Å²) in [6, 6.07) is 0. The molecule has 2 heteroatoms. The first kappa shape index (κ1) is 14.3. The van der Waals surface area contributed by atoms with Crippen LogP contribution in [0.1, 0.15) is 65.7 Å². The lowest BCUT2D eigenvalue weighted by atomic mass is 9.69. The fourth-order valence-electron chi connectivity index (χ4n) is 3.00. The fourth-order valence-corrected chi connectivity index (χ4v) is 3.00. The normalized spacial score (nSPS) is 22.1. The number of carbonyl (C=O) groups excluding carboxylic acids is 1. The van der Waals surface area contributed by atoms with Crippen LogP contribution in [0.3, 0.4) is 0 Å². The zero-order chi connectivity index (χ0) is 12.7. The molecule has 0 aliphatic heterocycles. The summed E-state index contributed by atoms with van der Waals surface area (Å²) in [5.41, 5.74) is -0.120. The number of rotatable bonds is 4. The molecule has 1 aliphatic rings. The van der Waals surface area contributed by atoms with Crippen molar-refractivity contribution in [1.82, 2.24) is 5.32 Å². The van der Waals surface area contributed by atoms with E-state index in [0.717, 1.165) is 19.3 Å². The summed E-state index contributed by atoms with van der Waals surface area (Å²) >= 11 is 0. The number of hydrogen-bond acceptors (Lipinski definition) is 1. The molecule has 1 saturated carbocycles. The number of carbonyl (C=O) groups is 1. The topological polar surface area (TPSA) is 29.1 Å². The van der Waals surface area contributed by atoms with Gasteiger partial charge in [0.15, 0.2) is 0 Å². The first-order valence-corrected chi connectivity index (χ1v) is 7.09. The third kappa shape index (κ3) is 3.34. The summed E-state index contributed by atoms with van der Waals surface area (Å²) in [7, 11) is 0. The summed E-state index contributed by atoms with van der Waals surface area (Å²) in [6.07, 6.45) is 11.8. The third-order valence-corrected chi connectivity index (χ3v) is 4.38. The SMILES string of the molecule is C/C=C\NC(=O)C1(C(C)CC)CCCCCC1. The molecule has 98 valence electrons. The lowest BCUT2D eigenvalue weighted by Crippen LogP contribution is -2.43. The van der Waals surface area contributed by atoms with Gasteiger partial charge in [-0.15, -0.1) is 0 Å². The summed E-state index contributed by atoms with van der Waals surface area (Å²) in [5.74, 6) is 0.720. The Morgan fingerprint density at radius 2 is 1.88 bits per heavy atom. The molecule has 0 aromatic heterocycles. The predicted octanol–water partition coefficient (Wildman–Crippen LogP) is 4.02. The van der Waals surface area contributed by atoms with Crippen LogP contribution in [0.5, 0.6) is 0 Å². The number of amides is 1. The maximum absolute atomic E-state index is 12.5. The van der Waals surface area contributed by atoms with Gasteiger partial charge < -0.3 is 5.32 Å². The molecule has 0 spiro atoms. The smallest absolute Gasteiger partial charge is 0.230 e. The average molecular weight is 237 g/mol. The second-order valence-corrected chi connectivity index (χ2v) is 5.35. The minimum absolute atomic E-state index is 0.120. The number of hydrogen-bond donors (Lipinski definition) is 1. The first-order valence-electron chi connectivity index (χ1n) is 7.09. The van der Waals surface area contributed by atoms with Crippen LogP contribution >= 0.6 is 0 Å². The maximum atomic E-state index is 12.5. The summed E-state index contributed by atoms with van der Waals surface area (Å²) in [6.45, 7) is 6.37. The zero-order valence-corrected chi connectivity index (χ0v) is 11.6. The second kappa shape index (κ2) is 6.83. The van der Waals surface area contributed by atoms with Gasteiger partial charge in [0.05, 0.1) is 5.41 Å². The highest BCUT2D eigenvalue weighted by molar-refractivity contribution is 5.83. The quantitative estimate of drug-likeness (QED) is 0.735. The average Bonchev–Trinajstić information content (AvgIpc) is 2.61. The van der Waals surface area contributed by atoms with Crippen LogP contribution < -0.4 is 5.32 Å². The summed E-state index contributed by atoms with van der Waals surface area (Å²) in [5, 5.41) is 2.97. The minimum atomic E-state index is -0.120. The van der Waals surface area contributed by atoms with Crippen LogP contribution in [-0.4, -0.2) is 5.91 Å². The molecule has 0 saturated heterocycles. The molecule has 0 heterocycles. The lowest BCUT2D eigenvalue weighted by Gasteiger charge is -2.36. The Bertz CT molecular complexity index is 262. The molecule has 1 N–H and O–H groups in total. The molecule has 1 fully saturated rings. The van der Waals surface area contributed by atoms with E-state index in [1.165, 1.54) is 25.7 Å². The van der Waals surface area contributed by atoms with E-state index in [9.17, 15) is 4.79 Å². The van der Waals surface area contributed by atoms with Gasteiger partial charge in [0.1, 0.15) is 0 Å². The van der Waals surface area contributed by atoms with Gasteiger partial charge in [-0.1, -0.05) is 52.0 Å². The molecular weight excluding hydrogens is 210 g/mol. The van der Waals surface area contributed by atoms with Crippen LogP contribution in [0.2, 0.25) is 0 Å². The van der Waals surface area contributed by atoms with Crippen LogP contribution in [0, 0.1) is 11.3 Å². The molecule has 0 bridgehead atoms. The maximum Gasteiger partial charge on any atom is 0.230 e. The molecule has 1 unspecified atom stereocenters. The van der Waals surface area contributed by atoms with E-state index in [2.05, 4.69) is 19.2 Å². The Kier molecular flexibility index (Phi) is 5.73. The van der Waals surface area contributed by atoms with Crippen molar-refractivity contribution in [2.75, 3.05) is 0 Å². The van der Waals surface area contributed by atoms with Crippen molar-refractivity contribution in [2.45, 2.75) is 65.7 Å². The van der Waals surface area contributed by atoms with Crippen molar-refractivity contribution in [1.29, 1.82) is 0 Å². The van der Waals surface area contributed by atoms with Crippen molar-refractivity contribution >= 4 is 5.91 Å². The van der Waals surface area contributed by atoms with Crippen molar-refractivity contribution in [3.63, 3.8) is 0 Å². The van der Waals surface area contributed by atoms with E-state index in [-0.39, 0.29) is 11.3 Å². The van der Waals surface area contributed by atoms with Gasteiger partial charge in [0.25, 0.3) is 0 Å². The van der Waals surface area contributed by atoms with Crippen LogP contribution in [0.15, 0.2) is 12.3 Å². The van der Waals surface area contributed by atoms with Crippen molar-refractivity contribution in [3.8, 4) is 0 Å². The highest BCUT2D eigenvalue weighted by atomic mass is 16.2. The largest absolute Gasteiger partial charge is 0.333 e. The van der Waals surface area contributed by atoms with Gasteiger partial charge in [-0.3, -0.25) is 4.79 Å². The third-order valence-electron chi connectivity index (χ3n) is 4.38. The molecule has 2 nitrogen and oxygen atoms in total. The Balaban J connectivity index is 2.86. The zero-order valence-electron chi connectivity index (χ0n) is 11.6. The Labute approximate surface area is 106 Å². The van der Waals surface area contributed by atoms with E-state index in [4.69, 9.17) is 0 Å². The van der Waals surface area contributed by atoms with Gasteiger partial charge >= 0.3 is 0 Å². The Morgan fingerprint density at radius 3 is 2.35 bits per heavy atom. The van der Waals surface area contributed by atoms with Crippen molar-refractivity contribution in [3.05, 3.63) is 12.3 Å². The first-order chi connectivity index (χ1) is 8.17. The molecule has 17 heavy (non-hydrogen) atoms. The molecule has 0 radical (unpaired) electrons. The summed E-state index contributed by atoms with van der Waals surface area (Å²) < 4.78 is 0. The molecule has 1 rings (SSSR count). The Morgan fingerprint density at radius 1 is 1.29 bits per heavy atom. The molecule has 1 amide bonds. The van der Waals surface area contributed by atoms with E-state index >= 15 is 0 Å². The van der Waals surface area contributed by atoms with Gasteiger partial charge in [0.2, 0.25) is 5.91 Å². The molecule has 1 aliphatic carbocycles. The highest BCUT2D eigenvalue weighted by Gasteiger charge is 2.41.